The van der Waals surface area contributed by atoms with Crippen molar-refractivity contribution in [1.29, 1.82) is 0 Å². The Bertz CT molecular complexity index is 795. The van der Waals surface area contributed by atoms with E-state index in [-0.39, 0.29) is 16.6 Å². The molecule has 0 aliphatic rings. The standard InChI is InChI=1S/C14H10ClN5O/c15-9-6-8(2-3-10(9)21)12-13(20-11(16)7-19-12)14-17-4-1-5-18-14/h1-7,21H,(H2,16,20). The van der Waals surface area contributed by atoms with Gasteiger partial charge in [-0.2, -0.15) is 0 Å². The molecule has 0 unspecified atom stereocenters. The Hall–Kier alpha value is -2.73. The molecule has 1 aromatic carbocycles. The van der Waals surface area contributed by atoms with E-state index in [1.807, 2.05) is 0 Å². The predicted octanol–water partition coefficient (Wildman–Crippen LogP) is 2.54. The van der Waals surface area contributed by atoms with Gasteiger partial charge in [0.05, 0.1) is 16.9 Å². The van der Waals surface area contributed by atoms with Crippen LogP contribution in [0.1, 0.15) is 0 Å². The third-order valence-electron chi connectivity index (χ3n) is 2.79. The molecular formula is C14H10ClN5O. The molecule has 3 rings (SSSR count). The normalized spacial score (nSPS) is 10.5. The topological polar surface area (TPSA) is 97.8 Å². The van der Waals surface area contributed by atoms with Crippen LogP contribution >= 0.6 is 11.6 Å². The van der Waals surface area contributed by atoms with Crippen LogP contribution in [0.3, 0.4) is 0 Å². The third-order valence-corrected chi connectivity index (χ3v) is 3.09. The van der Waals surface area contributed by atoms with Crippen molar-refractivity contribution in [3.05, 3.63) is 47.9 Å². The van der Waals surface area contributed by atoms with Crippen molar-refractivity contribution in [2.75, 3.05) is 5.73 Å². The van der Waals surface area contributed by atoms with Crippen LogP contribution in [-0.2, 0) is 0 Å². The van der Waals surface area contributed by atoms with E-state index in [2.05, 4.69) is 19.9 Å². The molecule has 0 saturated heterocycles. The van der Waals surface area contributed by atoms with Gasteiger partial charge in [0.25, 0.3) is 0 Å². The minimum Gasteiger partial charge on any atom is -0.506 e. The van der Waals surface area contributed by atoms with Gasteiger partial charge in [0.1, 0.15) is 17.3 Å². The minimum atomic E-state index is 0.00123. The molecule has 0 amide bonds. The SMILES string of the molecule is Nc1cnc(-c2ccc(O)c(Cl)c2)c(-c2ncccn2)n1. The molecule has 21 heavy (non-hydrogen) atoms. The molecule has 0 radical (unpaired) electrons. The Balaban J connectivity index is 2.21. The molecule has 0 aliphatic carbocycles. The zero-order chi connectivity index (χ0) is 14.8. The van der Waals surface area contributed by atoms with Gasteiger partial charge in [-0.15, -0.1) is 0 Å². The van der Waals surface area contributed by atoms with E-state index >= 15 is 0 Å². The highest BCUT2D eigenvalue weighted by Gasteiger charge is 2.14. The first-order valence-corrected chi connectivity index (χ1v) is 6.42. The molecule has 3 N–H and O–H groups in total. The summed E-state index contributed by atoms with van der Waals surface area (Å²) in [5.74, 6) is 0.684. The van der Waals surface area contributed by atoms with E-state index in [1.54, 1.807) is 30.6 Å². The van der Waals surface area contributed by atoms with Crippen molar-refractivity contribution in [1.82, 2.24) is 19.9 Å². The maximum absolute atomic E-state index is 9.51. The van der Waals surface area contributed by atoms with Crippen LogP contribution in [0.4, 0.5) is 5.82 Å². The molecule has 0 saturated carbocycles. The van der Waals surface area contributed by atoms with Gasteiger partial charge in [0.2, 0.25) is 0 Å². The maximum Gasteiger partial charge on any atom is 0.180 e. The molecule has 0 aliphatic heterocycles. The summed E-state index contributed by atoms with van der Waals surface area (Å²) in [5.41, 5.74) is 7.38. The van der Waals surface area contributed by atoms with E-state index < -0.39 is 0 Å². The zero-order valence-corrected chi connectivity index (χ0v) is 11.5. The first-order chi connectivity index (χ1) is 10.1. The molecular weight excluding hydrogens is 290 g/mol. The summed E-state index contributed by atoms with van der Waals surface area (Å²) >= 11 is 5.94. The highest BCUT2D eigenvalue weighted by Crippen LogP contribution is 2.32. The molecule has 7 heteroatoms. The zero-order valence-electron chi connectivity index (χ0n) is 10.7. The monoisotopic (exact) mass is 299 g/mol. The molecule has 0 bridgehead atoms. The number of anilines is 1. The number of phenolic OH excluding ortho intramolecular Hbond substituents is 1. The first kappa shape index (κ1) is 13.3. The summed E-state index contributed by atoms with van der Waals surface area (Å²) in [5, 5.41) is 9.74. The van der Waals surface area contributed by atoms with Crippen LogP contribution in [0.5, 0.6) is 5.75 Å². The van der Waals surface area contributed by atoms with Gasteiger partial charge in [0, 0.05) is 18.0 Å². The smallest absolute Gasteiger partial charge is 0.180 e. The van der Waals surface area contributed by atoms with Crippen LogP contribution in [0.2, 0.25) is 5.02 Å². The largest absolute Gasteiger partial charge is 0.506 e. The van der Waals surface area contributed by atoms with Crippen LogP contribution in [0.15, 0.2) is 42.9 Å². The van der Waals surface area contributed by atoms with Gasteiger partial charge in [-0.25, -0.2) is 19.9 Å². The molecule has 6 nitrogen and oxygen atoms in total. The molecule has 0 spiro atoms. The Labute approximate surface area is 125 Å². The fourth-order valence-electron chi connectivity index (χ4n) is 1.85. The number of hydrogen-bond acceptors (Lipinski definition) is 6. The second kappa shape index (κ2) is 5.34. The van der Waals surface area contributed by atoms with Gasteiger partial charge in [0.15, 0.2) is 5.82 Å². The van der Waals surface area contributed by atoms with E-state index in [4.69, 9.17) is 17.3 Å². The summed E-state index contributed by atoms with van der Waals surface area (Å²) in [6, 6.07) is 6.49. The van der Waals surface area contributed by atoms with Gasteiger partial charge in [-0.3, -0.25) is 0 Å². The average Bonchev–Trinajstić information content (AvgIpc) is 2.51. The molecule has 2 heterocycles. The first-order valence-electron chi connectivity index (χ1n) is 6.04. The highest BCUT2D eigenvalue weighted by atomic mass is 35.5. The average molecular weight is 300 g/mol. The van der Waals surface area contributed by atoms with Crippen molar-refractivity contribution in [2.45, 2.75) is 0 Å². The van der Waals surface area contributed by atoms with Gasteiger partial charge < -0.3 is 10.8 Å². The Kier molecular flexibility index (Phi) is 3.37. The predicted molar refractivity (Wildman–Crippen MR) is 79.6 cm³/mol. The fourth-order valence-corrected chi connectivity index (χ4v) is 2.03. The quantitative estimate of drug-likeness (QED) is 0.754. The van der Waals surface area contributed by atoms with E-state index in [1.165, 1.54) is 12.3 Å². The minimum absolute atomic E-state index is 0.00123. The Morgan fingerprint density at radius 2 is 1.81 bits per heavy atom. The summed E-state index contributed by atoms with van der Waals surface area (Å²) in [4.78, 5) is 16.9. The molecule has 104 valence electrons. The number of benzene rings is 1. The van der Waals surface area contributed by atoms with Gasteiger partial charge in [-0.1, -0.05) is 11.6 Å². The molecule has 3 aromatic rings. The molecule has 0 fully saturated rings. The van der Waals surface area contributed by atoms with Crippen LogP contribution in [0.25, 0.3) is 22.8 Å². The van der Waals surface area contributed by atoms with E-state index in [9.17, 15) is 5.11 Å². The number of phenols is 1. The number of nitrogens with zero attached hydrogens (tertiary/aromatic N) is 4. The van der Waals surface area contributed by atoms with Crippen molar-refractivity contribution < 1.29 is 5.11 Å². The summed E-state index contributed by atoms with van der Waals surface area (Å²) in [7, 11) is 0. The molecule has 0 atom stereocenters. The number of nitrogens with two attached hydrogens (primary N) is 1. The Morgan fingerprint density at radius 1 is 1.05 bits per heavy atom. The lowest BCUT2D eigenvalue weighted by atomic mass is 10.1. The van der Waals surface area contributed by atoms with Crippen molar-refractivity contribution >= 4 is 17.4 Å². The molecule has 2 aromatic heterocycles. The second-order valence-corrected chi connectivity index (χ2v) is 4.64. The lowest BCUT2D eigenvalue weighted by Gasteiger charge is -2.08. The number of aromatic nitrogens is 4. The lowest BCUT2D eigenvalue weighted by Crippen LogP contribution is -2.00. The summed E-state index contributed by atoms with van der Waals surface area (Å²) < 4.78 is 0. The number of hydrogen-bond donors (Lipinski definition) is 2. The van der Waals surface area contributed by atoms with Gasteiger partial charge in [-0.05, 0) is 24.3 Å². The number of halogens is 1. The fraction of sp³-hybridized carbons (Fsp3) is 0. The van der Waals surface area contributed by atoms with Crippen molar-refractivity contribution in [3.8, 4) is 28.5 Å². The van der Waals surface area contributed by atoms with Crippen LogP contribution in [0, 0.1) is 0 Å². The van der Waals surface area contributed by atoms with Crippen molar-refractivity contribution in [3.63, 3.8) is 0 Å². The maximum atomic E-state index is 9.51. The number of aromatic hydroxyl groups is 1. The lowest BCUT2D eigenvalue weighted by molar-refractivity contribution is 0.475. The van der Waals surface area contributed by atoms with Crippen LogP contribution < -0.4 is 5.73 Å². The number of rotatable bonds is 2. The third kappa shape index (κ3) is 2.61. The van der Waals surface area contributed by atoms with Crippen molar-refractivity contribution in [2.24, 2.45) is 0 Å². The summed E-state index contributed by atoms with van der Waals surface area (Å²) in [6.07, 6.45) is 4.67. The Morgan fingerprint density at radius 3 is 2.52 bits per heavy atom. The second-order valence-electron chi connectivity index (χ2n) is 4.23. The van der Waals surface area contributed by atoms with Crippen LogP contribution in [-0.4, -0.2) is 25.0 Å². The van der Waals surface area contributed by atoms with E-state index in [0.29, 0.717) is 22.8 Å². The van der Waals surface area contributed by atoms with E-state index in [0.717, 1.165) is 0 Å². The van der Waals surface area contributed by atoms with Gasteiger partial charge >= 0.3 is 0 Å². The highest BCUT2D eigenvalue weighted by molar-refractivity contribution is 6.32. The summed E-state index contributed by atoms with van der Waals surface area (Å²) in [6.45, 7) is 0. The number of nitrogen functional groups attached to an aromatic ring is 1.